The van der Waals surface area contributed by atoms with E-state index in [-0.39, 0.29) is 26.1 Å². The molecule has 0 amide bonds. The molecule has 0 radical (unpaired) electrons. The Labute approximate surface area is 115 Å². The summed E-state index contributed by atoms with van der Waals surface area (Å²) < 4.78 is 23.7. The Bertz CT molecular complexity index is 582. The number of hydrogen-bond acceptors (Lipinski definition) is 5. The Morgan fingerprint density at radius 2 is 2.20 bits per heavy atom. The number of carbonyl (C=O) groups excluding carboxylic acids is 1. The molecule has 0 saturated carbocycles. The van der Waals surface area contributed by atoms with Gasteiger partial charge in [0.25, 0.3) is 0 Å². The predicted molar refractivity (Wildman–Crippen MR) is 68.3 cm³/mol. The lowest BCUT2D eigenvalue weighted by Crippen LogP contribution is -2.09. The van der Waals surface area contributed by atoms with Gasteiger partial charge in [0, 0.05) is 6.42 Å². The van der Waals surface area contributed by atoms with Crippen molar-refractivity contribution in [1.29, 1.82) is 0 Å². The summed E-state index contributed by atoms with van der Waals surface area (Å²) in [6.07, 6.45) is 1.78. The van der Waals surface area contributed by atoms with Gasteiger partial charge in [-0.2, -0.15) is 0 Å². The maximum absolute atomic E-state index is 13.6. The van der Waals surface area contributed by atoms with Crippen LogP contribution in [0.15, 0.2) is 34.9 Å². The number of ether oxygens (including phenoxy) is 1. The first-order valence-electron chi connectivity index (χ1n) is 6.17. The lowest BCUT2D eigenvalue weighted by molar-refractivity contribution is -0.144. The summed E-state index contributed by atoms with van der Waals surface area (Å²) in [6, 6.07) is 6.22. The highest BCUT2D eigenvalue weighted by Crippen LogP contribution is 2.23. The SMILES string of the molecule is O=C(CCc1ncc(-c2ccccc2F)o1)OCCO. The molecule has 2 aromatic rings. The molecule has 0 aliphatic rings. The third-order valence-electron chi connectivity index (χ3n) is 2.59. The van der Waals surface area contributed by atoms with Crippen LogP contribution in [-0.2, 0) is 16.0 Å². The normalized spacial score (nSPS) is 10.5. The molecule has 2 rings (SSSR count). The summed E-state index contributed by atoms with van der Waals surface area (Å²) in [5.74, 6) is -0.173. The third-order valence-corrected chi connectivity index (χ3v) is 2.59. The molecule has 1 heterocycles. The second-order valence-electron chi connectivity index (χ2n) is 4.04. The van der Waals surface area contributed by atoms with E-state index in [1.807, 2.05) is 0 Å². The van der Waals surface area contributed by atoms with Gasteiger partial charge in [0.2, 0.25) is 0 Å². The number of benzene rings is 1. The van der Waals surface area contributed by atoms with Crippen LogP contribution in [0.3, 0.4) is 0 Å². The van der Waals surface area contributed by atoms with Crippen LogP contribution in [0.5, 0.6) is 0 Å². The quantitative estimate of drug-likeness (QED) is 0.818. The number of esters is 1. The van der Waals surface area contributed by atoms with Crippen molar-refractivity contribution in [2.24, 2.45) is 0 Å². The highest BCUT2D eigenvalue weighted by Gasteiger charge is 2.12. The van der Waals surface area contributed by atoms with Crippen LogP contribution >= 0.6 is 0 Å². The van der Waals surface area contributed by atoms with Gasteiger partial charge in [-0.05, 0) is 12.1 Å². The van der Waals surface area contributed by atoms with E-state index in [0.717, 1.165) is 0 Å². The van der Waals surface area contributed by atoms with E-state index in [1.165, 1.54) is 12.3 Å². The summed E-state index contributed by atoms with van der Waals surface area (Å²) in [5.41, 5.74) is 0.328. The van der Waals surface area contributed by atoms with Gasteiger partial charge in [0.1, 0.15) is 12.4 Å². The highest BCUT2D eigenvalue weighted by atomic mass is 19.1. The molecular formula is C14H14FNO4. The first-order chi connectivity index (χ1) is 9.70. The molecule has 0 atom stereocenters. The number of oxazole rings is 1. The Balaban J connectivity index is 1.96. The Morgan fingerprint density at radius 1 is 1.40 bits per heavy atom. The van der Waals surface area contributed by atoms with Crippen molar-refractivity contribution in [2.75, 3.05) is 13.2 Å². The van der Waals surface area contributed by atoms with Gasteiger partial charge in [0.05, 0.1) is 24.8 Å². The van der Waals surface area contributed by atoms with Crippen LogP contribution in [0, 0.1) is 5.82 Å². The van der Waals surface area contributed by atoms with Gasteiger partial charge in [-0.25, -0.2) is 9.37 Å². The van der Waals surface area contributed by atoms with Crippen LogP contribution in [0.2, 0.25) is 0 Å². The van der Waals surface area contributed by atoms with Gasteiger partial charge in [0.15, 0.2) is 11.7 Å². The number of aliphatic hydroxyl groups is 1. The summed E-state index contributed by atoms with van der Waals surface area (Å²) in [5, 5.41) is 8.51. The van der Waals surface area contributed by atoms with Crippen molar-refractivity contribution in [1.82, 2.24) is 4.98 Å². The molecule has 1 N–H and O–H groups in total. The van der Waals surface area contributed by atoms with Crippen LogP contribution < -0.4 is 0 Å². The first-order valence-corrected chi connectivity index (χ1v) is 6.17. The Morgan fingerprint density at radius 3 is 2.95 bits per heavy atom. The second kappa shape index (κ2) is 6.81. The average Bonchev–Trinajstić information content (AvgIpc) is 2.92. The number of halogens is 1. The summed E-state index contributed by atoms with van der Waals surface area (Å²) >= 11 is 0. The molecule has 6 heteroatoms. The fourth-order valence-corrected chi connectivity index (χ4v) is 1.65. The second-order valence-corrected chi connectivity index (χ2v) is 4.04. The van der Waals surface area contributed by atoms with E-state index in [2.05, 4.69) is 4.98 Å². The van der Waals surface area contributed by atoms with Gasteiger partial charge >= 0.3 is 5.97 Å². The molecule has 0 spiro atoms. The molecule has 1 aromatic carbocycles. The summed E-state index contributed by atoms with van der Waals surface area (Å²) in [6.45, 7) is -0.229. The van der Waals surface area contributed by atoms with E-state index in [9.17, 15) is 9.18 Å². The van der Waals surface area contributed by atoms with E-state index < -0.39 is 11.8 Å². The molecule has 5 nitrogen and oxygen atoms in total. The Hall–Kier alpha value is -2.21. The molecule has 1 aromatic heterocycles. The molecule has 20 heavy (non-hydrogen) atoms. The zero-order valence-corrected chi connectivity index (χ0v) is 10.7. The summed E-state index contributed by atoms with van der Waals surface area (Å²) in [7, 11) is 0. The van der Waals surface area contributed by atoms with Crippen LogP contribution in [0.4, 0.5) is 4.39 Å². The molecule has 106 valence electrons. The number of rotatable bonds is 6. The van der Waals surface area contributed by atoms with Crippen LogP contribution in [0.25, 0.3) is 11.3 Å². The third kappa shape index (κ3) is 3.64. The first kappa shape index (κ1) is 14.2. The van der Waals surface area contributed by atoms with Crippen molar-refractivity contribution in [2.45, 2.75) is 12.8 Å². The van der Waals surface area contributed by atoms with Gasteiger partial charge in [-0.3, -0.25) is 4.79 Å². The molecule has 0 saturated heterocycles. The lowest BCUT2D eigenvalue weighted by atomic mass is 10.2. The molecule has 0 fully saturated rings. The molecule has 0 aliphatic carbocycles. The van der Waals surface area contributed by atoms with E-state index in [0.29, 0.717) is 17.2 Å². The number of hydrogen-bond donors (Lipinski definition) is 1. The van der Waals surface area contributed by atoms with E-state index in [1.54, 1.807) is 18.2 Å². The molecule has 0 aliphatic heterocycles. The van der Waals surface area contributed by atoms with Crippen molar-refractivity contribution in [3.05, 3.63) is 42.2 Å². The van der Waals surface area contributed by atoms with Gasteiger partial charge < -0.3 is 14.3 Å². The number of aryl methyl sites for hydroxylation is 1. The fourth-order valence-electron chi connectivity index (χ4n) is 1.65. The van der Waals surface area contributed by atoms with Crippen molar-refractivity contribution in [3.8, 4) is 11.3 Å². The monoisotopic (exact) mass is 279 g/mol. The van der Waals surface area contributed by atoms with E-state index >= 15 is 0 Å². The van der Waals surface area contributed by atoms with Crippen molar-refractivity contribution < 1.29 is 23.4 Å². The topological polar surface area (TPSA) is 72.6 Å². The standard InChI is InChI=1S/C14H14FNO4/c15-11-4-2-1-3-10(11)12-9-16-13(20-12)5-6-14(18)19-8-7-17/h1-4,9,17H,5-8H2. The minimum absolute atomic E-state index is 0.0229. The minimum Gasteiger partial charge on any atom is -0.463 e. The maximum atomic E-state index is 13.6. The lowest BCUT2D eigenvalue weighted by Gasteiger charge is -2.00. The van der Waals surface area contributed by atoms with Crippen molar-refractivity contribution >= 4 is 5.97 Å². The zero-order valence-electron chi connectivity index (χ0n) is 10.7. The minimum atomic E-state index is -0.440. The largest absolute Gasteiger partial charge is 0.463 e. The van der Waals surface area contributed by atoms with Crippen LogP contribution in [-0.4, -0.2) is 29.3 Å². The smallest absolute Gasteiger partial charge is 0.306 e. The molecule has 0 bridgehead atoms. The van der Waals surface area contributed by atoms with Gasteiger partial charge in [-0.15, -0.1) is 0 Å². The maximum Gasteiger partial charge on any atom is 0.306 e. The fraction of sp³-hybridized carbons (Fsp3) is 0.286. The van der Waals surface area contributed by atoms with Gasteiger partial charge in [-0.1, -0.05) is 12.1 Å². The molecule has 0 unspecified atom stereocenters. The summed E-state index contributed by atoms with van der Waals surface area (Å²) in [4.78, 5) is 15.2. The zero-order chi connectivity index (χ0) is 14.4. The average molecular weight is 279 g/mol. The van der Waals surface area contributed by atoms with Crippen LogP contribution in [0.1, 0.15) is 12.3 Å². The number of aliphatic hydroxyl groups excluding tert-OH is 1. The number of carbonyl (C=O) groups is 1. The number of nitrogens with zero attached hydrogens (tertiary/aromatic N) is 1. The molecular weight excluding hydrogens is 265 g/mol. The predicted octanol–water partition coefficient (Wildman–Crippen LogP) is 1.95. The number of aromatic nitrogens is 1. The Kier molecular flexibility index (Phi) is 4.84. The van der Waals surface area contributed by atoms with E-state index in [4.69, 9.17) is 14.3 Å². The van der Waals surface area contributed by atoms with Crippen molar-refractivity contribution in [3.63, 3.8) is 0 Å². The highest BCUT2D eigenvalue weighted by molar-refractivity contribution is 5.69.